The molecule has 0 spiro atoms. The van der Waals surface area contributed by atoms with Crippen LogP contribution in [0, 0.1) is 5.92 Å². The second kappa shape index (κ2) is 5.28. The number of nitrogens with zero attached hydrogens (tertiary/aromatic N) is 1. The van der Waals surface area contributed by atoms with Crippen molar-refractivity contribution in [3.63, 3.8) is 0 Å². The van der Waals surface area contributed by atoms with Gasteiger partial charge in [0.05, 0.1) is 25.4 Å². The monoisotopic (exact) mass is 213 g/mol. The van der Waals surface area contributed by atoms with Crippen LogP contribution < -0.4 is 0 Å². The predicted molar refractivity (Wildman–Crippen MR) is 60.0 cm³/mol. The zero-order chi connectivity index (χ0) is 10.7. The number of hydrogen-bond donors (Lipinski definition) is 0. The summed E-state index contributed by atoms with van der Waals surface area (Å²) >= 11 is 0. The minimum atomic E-state index is 0.504. The molecule has 3 nitrogen and oxygen atoms in total. The highest BCUT2D eigenvalue weighted by atomic mass is 16.5. The van der Waals surface area contributed by atoms with Crippen LogP contribution in [0.4, 0.5) is 0 Å². The van der Waals surface area contributed by atoms with Crippen molar-refractivity contribution >= 4 is 0 Å². The maximum atomic E-state index is 5.87. The lowest BCUT2D eigenvalue weighted by Crippen LogP contribution is -2.52. The van der Waals surface area contributed by atoms with Gasteiger partial charge in [-0.1, -0.05) is 13.8 Å². The molecule has 0 bridgehead atoms. The fourth-order valence-electron chi connectivity index (χ4n) is 2.17. The van der Waals surface area contributed by atoms with E-state index in [0.717, 1.165) is 19.8 Å². The van der Waals surface area contributed by atoms with Gasteiger partial charge in [0, 0.05) is 19.7 Å². The molecule has 0 aromatic rings. The molecule has 0 atom stereocenters. The molecular formula is C12H23NO2. The maximum absolute atomic E-state index is 5.87. The van der Waals surface area contributed by atoms with Gasteiger partial charge < -0.3 is 9.47 Å². The third-order valence-corrected chi connectivity index (χ3v) is 3.28. The van der Waals surface area contributed by atoms with Crippen molar-refractivity contribution in [3.05, 3.63) is 0 Å². The predicted octanol–water partition coefficient (Wildman–Crippen LogP) is 1.52. The molecule has 2 aliphatic heterocycles. The van der Waals surface area contributed by atoms with Gasteiger partial charge in [-0.3, -0.25) is 4.90 Å². The maximum Gasteiger partial charge on any atom is 0.0645 e. The summed E-state index contributed by atoms with van der Waals surface area (Å²) in [5.41, 5.74) is 0. The van der Waals surface area contributed by atoms with Gasteiger partial charge in [-0.05, 0) is 18.8 Å². The van der Waals surface area contributed by atoms with Crippen LogP contribution in [-0.2, 0) is 9.47 Å². The molecule has 0 aromatic carbocycles. The molecule has 2 aliphatic rings. The highest BCUT2D eigenvalue weighted by molar-refractivity contribution is 4.82. The van der Waals surface area contributed by atoms with Gasteiger partial charge >= 0.3 is 0 Å². The summed E-state index contributed by atoms with van der Waals surface area (Å²) < 4.78 is 11.1. The summed E-state index contributed by atoms with van der Waals surface area (Å²) in [4.78, 5) is 2.55. The molecule has 2 fully saturated rings. The third kappa shape index (κ3) is 3.16. The molecule has 0 radical (unpaired) electrons. The molecule has 88 valence electrons. The van der Waals surface area contributed by atoms with Crippen molar-refractivity contribution in [2.24, 2.45) is 5.92 Å². The molecule has 15 heavy (non-hydrogen) atoms. The summed E-state index contributed by atoms with van der Waals surface area (Å²) in [6.45, 7) is 9.60. The quantitative estimate of drug-likeness (QED) is 0.707. The SMILES string of the molecule is CC(C)COC1CCN(C2COC2)CC1. The average Bonchev–Trinajstić information content (AvgIpc) is 2.14. The van der Waals surface area contributed by atoms with Crippen LogP contribution in [0.1, 0.15) is 26.7 Å². The number of hydrogen-bond acceptors (Lipinski definition) is 3. The summed E-state index contributed by atoms with van der Waals surface area (Å²) in [5, 5.41) is 0. The zero-order valence-corrected chi connectivity index (χ0v) is 9.95. The Labute approximate surface area is 92.7 Å². The Hall–Kier alpha value is -0.120. The van der Waals surface area contributed by atoms with Gasteiger partial charge in [-0.25, -0.2) is 0 Å². The molecule has 0 N–H and O–H groups in total. The van der Waals surface area contributed by atoms with Crippen molar-refractivity contribution in [3.8, 4) is 0 Å². The Morgan fingerprint density at radius 2 is 1.93 bits per heavy atom. The standard InChI is InChI=1S/C12H23NO2/c1-10(2)7-15-12-3-5-13(6-4-12)11-8-14-9-11/h10-12H,3-9H2,1-2H3. The Bertz CT molecular complexity index is 184. The van der Waals surface area contributed by atoms with Gasteiger partial charge in [0.1, 0.15) is 0 Å². The zero-order valence-electron chi connectivity index (χ0n) is 9.95. The van der Waals surface area contributed by atoms with Gasteiger partial charge in [0.2, 0.25) is 0 Å². The molecular weight excluding hydrogens is 190 g/mol. The van der Waals surface area contributed by atoms with E-state index in [-0.39, 0.29) is 0 Å². The number of piperidine rings is 1. The van der Waals surface area contributed by atoms with E-state index in [4.69, 9.17) is 9.47 Å². The van der Waals surface area contributed by atoms with Crippen molar-refractivity contribution in [1.29, 1.82) is 0 Å². The number of rotatable bonds is 4. The molecule has 2 rings (SSSR count). The van der Waals surface area contributed by atoms with E-state index in [1.54, 1.807) is 0 Å². The van der Waals surface area contributed by atoms with Crippen molar-refractivity contribution < 1.29 is 9.47 Å². The Balaban J connectivity index is 1.63. The second-order valence-corrected chi connectivity index (χ2v) is 5.15. The molecule has 3 heteroatoms. The van der Waals surface area contributed by atoms with Crippen molar-refractivity contribution in [2.45, 2.75) is 38.8 Å². The van der Waals surface area contributed by atoms with Crippen LogP contribution in [0.3, 0.4) is 0 Å². The van der Waals surface area contributed by atoms with Crippen LogP contribution >= 0.6 is 0 Å². The van der Waals surface area contributed by atoms with E-state index >= 15 is 0 Å². The fraction of sp³-hybridized carbons (Fsp3) is 1.00. The molecule has 0 saturated carbocycles. The molecule has 2 heterocycles. The number of likely N-dealkylation sites (tertiary alicyclic amines) is 1. The van der Waals surface area contributed by atoms with Gasteiger partial charge in [-0.15, -0.1) is 0 Å². The minimum Gasteiger partial charge on any atom is -0.378 e. The molecule has 0 aromatic heterocycles. The Morgan fingerprint density at radius 3 is 2.40 bits per heavy atom. The minimum absolute atomic E-state index is 0.504. The molecule has 0 unspecified atom stereocenters. The molecule has 0 amide bonds. The van der Waals surface area contributed by atoms with Crippen LogP contribution in [0.2, 0.25) is 0 Å². The van der Waals surface area contributed by atoms with Crippen LogP contribution in [0.25, 0.3) is 0 Å². The Kier molecular flexibility index (Phi) is 4.00. The van der Waals surface area contributed by atoms with Gasteiger partial charge in [0.15, 0.2) is 0 Å². The normalized spacial score (nSPS) is 25.8. The first-order valence-electron chi connectivity index (χ1n) is 6.19. The van der Waals surface area contributed by atoms with E-state index in [1.165, 1.54) is 25.9 Å². The van der Waals surface area contributed by atoms with Crippen LogP contribution in [0.5, 0.6) is 0 Å². The van der Waals surface area contributed by atoms with Gasteiger partial charge in [-0.2, -0.15) is 0 Å². The Morgan fingerprint density at radius 1 is 1.27 bits per heavy atom. The van der Waals surface area contributed by atoms with Crippen molar-refractivity contribution in [2.75, 3.05) is 32.9 Å². The highest BCUT2D eigenvalue weighted by Gasteiger charge is 2.29. The lowest BCUT2D eigenvalue weighted by atomic mass is 10.0. The first kappa shape index (κ1) is 11.4. The topological polar surface area (TPSA) is 21.7 Å². The van der Waals surface area contributed by atoms with Crippen LogP contribution in [-0.4, -0.2) is 50.0 Å². The number of ether oxygens (including phenoxy) is 2. The summed E-state index contributed by atoms with van der Waals surface area (Å²) in [5.74, 6) is 0.656. The van der Waals surface area contributed by atoms with Gasteiger partial charge in [0.25, 0.3) is 0 Å². The fourth-order valence-corrected chi connectivity index (χ4v) is 2.17. The second-order valence-electron chi connectivity index (χ2n) is 5.15. The lowest BCUT2D eigenvalue weighted by Gasteiger charge is -2.41. The third-order valence-electron chi connectivity index (χ3n) is 3.28. The lowest BCUT2D eigenvalue weighted by molar-refractivity contribution is -0.0882. The summed E-state index contributed by atoms with van der Waals surface area (Å²) in [6, 6.07) is 0.705. The smallest absolute Gasteiger partial charge is 0.0645 e. The highest BCUT2D eigenvalue weighted by Crippen LogP contribution is 2.19. The van der Waals surface area contributed by atoms with E-state index in [1.807, 2.05) is 0 Å². The van der Waals surface area contributed by atoms with Crippen LogP contribution in [0.15, 0.2) is 0 Å². The summed E-state index contributed by atoms with van der Waals surface area (Å²) in [6.07, 6.45) is 2.90. The first-order valence-corrected chi connectivity index (χ1v) is 6.19. The van der Waals surface area contributed by atoms with Crippen molar-refractivity contribution in [1.82, 2.24) is 4.90 Å². The van der Waals surface area contributed by atoms with E-state index in [0.29, 0.717) is 18.1 Å². The molecule has 2 saturated heterocycles. The van der Waals surface area contributed by atoms with E-state index in [9.17, 15) is 0 Å². The largest absolute Gasteiger partial charge is 0.378 e. The molecule has 0 aliphatic carbocycles. The van der Waals surface area contributed by atoms with E-state index < -0.39 is 0 Å². The summed E-state index contributed by atoms with van der Waals surface area (Å²) in [7, 11) is 0. The average molecular weight is 213 g/mol. The first-order chi connectivity index (χ1) is 7.25. The van der Waals surface area contributed by atoms with E-state index in [2.05, 4.69) is 18.7 Å².